The number of nitrogens with one attached hydrogen (secondary N) is 1. The van der Waals surface area contributed by atoms with Crippen LogP contribution in [0.25, 0.3) is 0 Å². The Morgan fingerprint density at radius 3 is 1.75 bits per heavy atom. The second-order valence-electron chi connectivity index (χ2n) is 4.10. The molecule has 0 saturated heterocycles. The Kier molecular flexibility index (Phi) is 9.97. The predicted octanol–water partition coefficient (Wildman–Crippen LogP) is 3.06. The smallest absolute Gasteiger partial charge is 0.257 e. The molecule has 0 aromatic carbocycles. The predicted molar refractivity (Wildman–Crippen MR) is 65.2 cm³/mol. The molecule has 0 aliphatic rings. The summed E-state index contributed by atoms with van der Waals surface area (Å²) in [6, 6.07) is 0. The van der Waals surface area contributed by atoms with Gasteiger partial charge >= 0.3 is 10.3 Å². The van der Waals surface area contributed by atoms with E-state index in [1.54, 1.807) is 0 Å². The number of unbranched alkanes of at least 4 members (excludes halogenated alkanes) is 8. The normalized spacial score (nSPS) is 11.9. The van der Waals surface area contributed by atoms with Crippen molar-refractivity contribution < 1.29 is 12.6 Å². The van der Waals surface area contributed by atoms with Crippen LogP contribution >= 0.6 is 0 Å². The maximum Gasteiger partial charge on any atom is 0.349 e. The van der Waals surface area contributed by atoms with Crippen molar-refractivity contribution in [3.8, 4) is 0 Å². The first-order chi connectivity index (χ1) is 7.56. The highest BCUT2D eigenvalue weighted by Crippen LogP contribution is 2.09. The minimum atomic E-state index is -3.98. The SMILES string of the molecule is CCCCCCCCCCCOS([NH])(=O)=O. The summed E-state index contributed by atoms with van der Waals surface area (Å²) in [4.78, 5) is 0. The van der Waals surface area contributed by atoms with Crippen LogP contribution in [0.1, 0.15) is 64.7 Å². The van der Waals surface area contributed by atoms with Crippen LogP contribution in [0.4, 0.5) is 0 Å². The summed E-state index contributed by atoms with van der Waals surface area (Å²) in [5.74, 6) is 0. The van der Waals surface area contributed by atoms with E-state index in [9.17, 15) is 8.42 Å². The summed E-state index contributed by atoms with van der Waals surface area (Å²) in [5.41, 5.74) is 0. The van der Waals surface area contributed by atoms with Crippen molar-refractivity contribution >= 4 is 10.3 Å². The molecule has 5 heteroatoms. The minimum absolute atomic E-state index is 0.154. The van der Waals surface area contributed by atoms with Gasteiger partial charge in [0.05, 0.1) is 6.61 Å². The number of hydrogen-bond acceptors (Lipinski definition) is 3. The zero-order valence-electron chi connectivity index (χ0n) is 10.2. The van der Waals surface area contributed by atoms with Crippen LogP contribution < -0.4 is 5.14 Å². The molecule has 0 fully saturated rings. The Hall–Kier alpha value is -0.130. The molecular weight excluding hydrogens is 226 g/mol. The first kappa shape index (κ1) is 15.9. The quantitative estimate of drug-likeness (QED) is 0.529. The topological polar surface area (TPSA) is 67.2 Å². The third kappa shape index (κ3) is 13.9. The van der Waals surface area contributed by atoms with E-state index in [-0.39, 0.29) is 6.61 Å². The van der Waals surface area contributed by atoms with E-state index >= 15 is 0 Å². The molecule has 0 amide bonds. The van der Waals surface area contributed by atoms with Crippen LogP contribution in [-0.2, 0) is 14.5 Å². The second-order valence-corrected chi connectivity index (χ2v) is 5.25. The van der Waals surface area contributed by atoms with Gasteiger partial charge in [-0.2, -0.15) is 8.42 Å². The Labute approximate surface area is 99.8 Å². The van der Waals surface area contributed by atoms with Crippen LogP contribution in [0.2, 0.25) is 0 Å². The third-order valence-corrected chi connectivity index (χ3v) is 2.96. The Balaban J connectivity index is 3.05. The average molecular weight is 250 g/mol. The van der Waals surface area contributed by atoms with Gasteiger partial charge in [0.1, 0.15) is 0 Å². The van der Waals surface area contributed by atoms with Crippen molar-refractivity contribution in [3.05, 3.63) is 0 Å². The van der Waals surface area contributed by atoms with Crippen molar-refractivity contribution in [1.82, 2.24) is 5.14 Å². The van der Waals surface area contributed by atoms with Crippen molar-refractivity contribution in [1.29, 1.82) is 0 Å². The summed E-state index contributed by atoms with van der Waals surface area (Å²) >= 11 is 0. The van der Waals surface area contributed by atoms with Crippen molar-refractivity contribution in [2.75, 3.05) is 6.61 Å². The molecular formula is C11H24NO3S. The summed E-state index contributed by atoms with van der Waals surface area (Å²) in [6.45, 7) is 2.36. The lowest BCUT2D eigenvalue weighted by molar-refractivity contribution is 0.305. The molecule has 16 heavy (non-hydrogen) atoms. The standard InChI is InChI=1S/C11H24NO3S/c1-2-3-4-5-6-7-8-9-10-11-15-16(12,13)14/h12H,2-11H2,1H3. The van der Waals surface area contributed by atoms with Gasteiger partial charge in [-0.3, -0.25) is 4.18 Å². The highest BCUT2D eigenvalue weighted by Gasteiger charge is 2.01. The number of hydrogen-bond donors (Lipinski definition) is 0. The van der Waals surface area contributed by atoms with E-state index in [2.05, 4.69) is 11.1 Å². The van der Waals surface area contributed by atoms with Crippen molar-refractivity contribution in [2.45, 2.75) is 64.7 Å². The van der Waals surface area contributed by atoms with Crippen LogP contribution in [0, 0.1) is 0 Å². The van der Waals surface area contributed by atoms with E-state index < -0.39 is 10.3 Å². The molecule has 0 aliphatic carbocycles. The van der Waals surface area contributed by atoms with E-state index in [4.69, 9.17) is 5.14 Å². The molecule has 1 N–H and O–H groups in total. The summed E-state index contributed by atoms with van der Waals surface area (Å²) in [5, 5.41) is 6.49. The monoisotopic (exact) mass is 250 g/mol. The molecule has 0 aliphatic heterocycles. The third-order valence-electron chi connectivity index (χ3n) is 2.49. The fourth-order valence-electron chi connectivity index (χ4n) is 1.58. The van der Waals surface area contributed by atoms with E-state index in [0.29, 0.717) is 0 Å². The molecule has 0 unspecified atom stereocenters. The highest BCUT2D eigenvalue weighted by molar-refractivity contribution is 7.84. The van der Waals surface area contributed by atoms with Crippen LogP contribution in [0.3, 0.4) is 0 Å². The van der Waals surface area contributed by atoms with Crippen LogP contribution in [0.5, 0.6) is 0 Å². The molecule has 0 atom stereocenters. The van der Waals surface area contributed by atoms with Gasteiger partial charge < -0.3 is 0 Å². The molecule has 0 aromatic rings. The van der Waals surface area contributed by atoms with Gasteiger partial charge in [0, 0.05) is 0 Å². The van der Waals surface area contributed by atoms with Gasteiger partial charge in [-0.25, -0.2) is 0 Å². The van der Waals surface area contributed by atoms with Crippen molar-refractivity contribution in [2.24, 2.45) is 0 Å². The Morgan fingerprint density at radius 1 is 0.875 bits per heavy atom. The Morgan fingerprint density at radius 2 is 1.31 bits per heavy atom. The summed E-state index contributed by atoms with van der Waals surface area (Å²) in [7, 11) is -3.98. The van der Waals surface area contributed by atoms with Gasteiger partial charge in [0.2, 0.25) is 0 Å². The van der Waals surface area contributed by atoms with Crippen molar-refractivity contribution in [3.63, 3.8) is 0 Å². The van der Waals surface area contributed by atoms with E-state index in [1.165, 1.54) is 38.5 Å². The summed E-state index contributed by atoms with van der Waals surface area (Å²) in [6.07, 6.45) is 10.6. The lowest BCUT2D eigenvalue weighted by Crippen LogP contribution is -2.06. The summed E-state index contributed by atoms with van der Waals surface area (Å²) < 4.78 is 25.0. The lowest BCUT2D eigenvalue weighted by atomic mass is 10.1. The van der Waals surface area contributed by atoms with Crippen LogP contribution in [-0.4, -0.2) is 15.0 Å². The average Bonchev–Trinajstić information content (AvgIpc) is 2.19. The lowest BCUT2D eigenvalue weighted by Gasteiger charge is -2.01. The fraction of sp³-hybridized carbons (Fsp3) is 1.00. The first-order valence-electron chi connectivity index (χ1n) is 6.20. The van der Waals surface area contributed by atoms with E-state index in [0.717, 1.165) is 19.3 Å². The zero-order valence-corrected chi connectivity index (χ0v) is 11.0. The molecule has 0 spiro atoms. The maximum absolute atomic E-state index is 10.3. The van der Waals surface area contributed by atoms with Gasteiger partial charge in [0.15, 0.2) is 0 Å². The van der Waals surface area contributed by atoms with Gasteiger partial charge in [-0.15, -0.1) is 5.14 Å². The maximum atomic E-state index is 10.3. The van der Waals surface area contributed by atoms with Gasteiger partial charge in [-0.05, 0) is 6.42 Å². The van der Waals surface area contributed by atoms with Gasteiger partial charge in [-0.1, -0.05) is 58.3 Å². The molecule has 0 aromatic heterocycles. The molecule has 1 radical (unpaired) electrons. The molecule has 0 heterocycles. The Bertz CT molecular complexity index is 240. The molecule has 0 rings (SSSR count). The molecule has 0 bridgehead atoms. The largest absolute Gasteiger partial charge is 0.349 e. The molecule has 4 nitrogen and oxygen atoms in total. The minimum Gasteiger partial charge on any atom is -0.257 e. The van der Waals surface area contributed by atoms with Crippen LogP contribution in [0.15, 0.2) is 0 Å². The second kappa shape index (κ2) is 10.1. The van der Waals surface area contributed by atoms with E-state index in [1.807, 2.05) is 0 Å². The highest BCUT2D eigenvalue weighted by atomic mass is 32.2. The first-order valence-corrected chi connectivity index (χ1v) is 7.61. The zero-order chi connectivity index (χ0) is 12.3. The number of rotatable bonds is 11. The molecule has 0 saturated carbocycles. The van der Waals surface area contributed by atoms with Gasteiger partial charge in [0.25, 0.3) is 0 Å². The molecule has 97 valence electrons. The fourth-order valence-corrected chi connectivity index (χ4v) is 1.92.